The Hall–Kier alpha value is -3.49. The average molecular weight is 475 g/mol. The molecule has 1 aliphatic heterocycles. The maximum absolute atomic E-state index is 13.1. The number of hydrogen-bond acceptors (Lipinski definition) is 7. The quantitative estimate of drug-likeness (QED) is 0.488. The Morgan fingerprint density at radius 1 is 0.853 bits per heavy atom. The standard InChI is InChI=1S/C25H31FN2O6/c1-4-31-21-15-18(16-22(32-5-2)24(21)33-6-3)25(30)34-17-23(29)28-13-11-27(12-14-28)20-9-7-19(26)8-10-20/h7-10,15-16H,4-6,11-14,17H2,1-3H3. The van der Waals surface area contributed by atoms with Gasteiger partial charge in [0.2, 0.25) is 5.75 Å². The van der Waals surface area contributed by atoms with E-state index in [4.69, 9.17) is 18.9 Å². The van der Waals surface area contributed by atoms with Crippen LogP contribution in [0.3, 0.4) is 0 Å². The van der Waals surface area contributed by atoms with Crippen LogP contribution in [-0.2, 0) is 9.53 Å². The summed E-state index contributed by atoms with van der Waals surface area (Å²) in [4.78, 5) is 29.0. The lowest BCUT2D eigenvalue weighted by Gasteiger charge is -2.36. The van der Waals surface area contributed by atoms with Gasteiger partial charge in [0.25, 0.3) is 5.91 Å². The summed E-state index contributed by atoms with van der Waals surface area (Å²) >= 11 is 0. The zero-order valence-corrected chi connectivity index (χ0v) is 19.8. The first-order valence-electron chi connectivity index (χ1n) is 11.5. The third-order valence-electron chi connectivity index (χ3n) is 5.30. The summed E-state index contributed by atoms with van der Waals surface area (Å²) in [5, 5.41) is 0. The molecule has 2 aromatic rings. The first-order valence-corrected chi connectivity index (χ1v) is 11.5. The maximum Gasteiger partial charge on any atom is 0.338 e. The second-order valence-electron chi connectivity index (χ2n) is 7.52. The van der Waals surface area contributed by atoms with Gasteiger partial charge in [0.05, 0.1) is 25.4 Å². The van der Waals surface area contributed by atoms with Crippen LogP contribution in [0.4, 0.5) is 10.1 Å². The van der Waals surface area contributed by atoms with Gasteiger partial charge in [0.15, 0.2) is 18.1 Å². The smallest absolute Gasteiger partial charge is 0.338 e. The summed E-state index contributed by atoms with van der Waals surface area (Å²) in [7, 11) is 0. The molecule has 0 N–H and O–H groups in total. The molecule has 34 heavy (non-hydrogen) atoms. The van der Waals surface area contributed by atoms with Gasteiger partial charge in [-0.15, -0.1) is 0 Å². The van der Waals surface area contributed by atoms with Gasteiger partial charge in [0, 0.05) is 31.9 Å². The van der Waals surface area contributed by atoms with Gasteiger partial charge in [-0.1, -0.05) is 0 Å². The van der Waals surface area contributed by atoms with Crippen molar-refractivity contribution in [2.75, 3.05) is 57.5 Å². The zero-order chi connectivity index (χ0) is 24.5. The molecule has 1 fully saturated rings. The summed E-state index contributed by atoms with van der Waals surface area (Å²) in [6, 6.07) is 9.34. The van der Waals surface area contributed by atoms with Crippen molar-refractivity contribution in [2.45, 2.75) is 20.8 Å². The molecule has 9 heteroatoms. The van der Waals surface area contributed by atoms with Crippen LogP contribution in [-0.4, -0.2) is 69.4 Å². The van der Waals surface area contributed by atoms with Crippen LogP contribution >= 0.6 is 0 Å². The Labute approximate surface area is 199 Å². The second-order valence-corrected chi connectivity index (χ2v) is 7.52. The molecule has 184 valence electrons. The molecule has 1 aliphatic rings. The summed E-state index contributed by atoms with van der Waals surface area (Å²) in [5.41, 5.74) is 1.12. The molecule has 2 aromatic carbocycles. The van der Waals surface area contributed by atoms with Crippen LogP contribution in [0.5, 0.6) is 17.2 Å². The van der Waals surface area contributed by atoms with E-state index in [1.54, 1.807) is 17.0 Å². The van der Waals surface area contributed by atoms with Crippen molar-refractivity contribution >= 4 is 17.6 Å². The van der Waals surface area contributed by atoms with Gasteiger partial charge in [-0.25, -0.2) is 9.18 Å². The Kier molecular flexibility index (Phi) is 8.95. The number of hydrogen-bond donors (Lipinski definition) is 0. The number of ether oxygens (including phenoxy) is 4. The largest absolute Gasteiger partial charge is 0.490 e. The molecule has 1 amide bonds. The van der Waals surface area contributed by atoms with Gasteiger partial charge in [0.1, 0.15) is 5.82 Å². The SMILES string of the molecule is CCOc1cc(C(=O)OCC(=O)N2CCN(c3ccc(F)cc3)CC2)cc(OCC)c1OCC. The fraction of sp³-hybridized carbons (Fsp3) is 0.440. The summed E-state index contributed by atoms with van der Waals surface area (Å²) in [6.07, 6.45) is 0. The second kappa shape index (κ2) is 12.1. The highest BCUT2D eigenvalue weighted by molar-refractivity contribution is 5.93. The van der Waals surface area contributed by atoms with Crippen molar-refractivity contribution < 1.29 is 32.9 Å². The number of benzene rings is 2. The number of halogens is 1. The fourth-order valence-electron chi connectivity index (χ4n) is 3.67. The lowest BCUT2D eigenvalue weighted by molar-refractivity contribution is -0.134. The molecule has 0 aliphatic carbocycles. The predicted molar refractivity (Wildman–Crippen MR) is 125 cm³/mol. The van der Waals surface area contributed by atoms with Crippen molar-refractivity contribution in [1.82, 2.24) is 4.90 Å². The predicted octanol–water partition coefficient (Wildman–Crippen LogP) is 3.53. The van der Waals surface area contributed by atoms with E-state index in [1.165, 1.54) is 24.3 Å². The molecule has 0 unspecified atom stereocenters. The number of nitrogens with zero attached hydrogens (tertiary/aromatic N) is 2. The van der Waals surface area contributed by atoms with E-state index in [0.717, 1.165) is 5.69 Å². The van der Waals surface area contributed by atoms with Crippen molar-refractivity contribution in [3.05, 3.63) is 47.8 Å². The molecule has 0 spiro atoms. The highest BCUT2D eigenvalue weighted by Gasteiger charge is 2.24. The molecule has 8 nitrogen and oxygen atoms in total. The minimum atomic E-state index is -0.650. The van der Waals surface area contributed by atoms with Gasteiger partial charge in [-0.05, 0) is 57.2 Å². The van der Waals surface area contributed by atoms with E-state index in [9.17, 15) is 14.0 Å². The first kappa shape index (κ1) is 25.1. The Morgan fingerprint density at radius 3 is 1.94 bits per heavy atom. The number of carbonyl (C=O) groups is 2. The van der Waals surface area contributed by atoms with Crippen LogP contribution in [0.15, 0.2) is 36.4 Å². The minimum Gasteiger partial charge on any atom is -0.490 e. The van der Waals surface area contributed by atoms with Crippen molar-refractivity contribution in [3.63, 3.8) is 0 Å². The number of carbonyl (C=O) groups excluding carboxylic acids is 2. The van der Waals surface area contributed by atoms with Crippen LogP contribution < -0.4 is 19.1 Å². The molecule has 0 aromatic heterocycles. The lowest BCUT2D eigenvalue weighted by atomic mass is 10.2. The number of esters is 1. The first-order chi connectivity index (χ1) is 16.5. The topological polar surface area (TPSA) is 77.5 Å². The fourth-order valence-corrected chi connectivity index (χ4v) is 3.67. The molecule has 0 atom stereocenters. The van der Waals surface area contributed by atoms with Crippen LogP contribution in [0.1, 0.15) is 31.1 Å². The van der Waals surface area contributed by atoms with Crippen molar-refractivity contribution in [3.8, 4) is 17.2 Å². The third-order valence-corrected chi connectivity index (χ3v) is 5.30. The summed E-state index contributed by atoms with van der Waals surface area (Å²) in [6.45, 7) is 8.51. The average Bonchev–Trinajstić information content (AvgIpc) is 2.85. The molecule has 0 radical (unpaired) electrons. The highest BCUT2D eigenvalue weighted by Crippen LogP contribution is 2.39. The van der Waals surface area contributed by atoms with Gasteiger partial charge < -0.3 is 28.7 Å². The monoisotopic (exact) mass is 474 g/mol. The van der Waals surface area contributed by atoms with Gasteiger partial charge in [-0.2, -0.15) is 0 Å². The number of anilines is 1. The Morgan fingerprint density at radius 2 is 1.41 bits per heavy atom. The number of piperazine rings is 1. The Bertz CT molecular complexity index is 947. The molecule has 0 bridgehead atoms. The van der Waals surface area contributed by atoms with Crippen LogP contribution in [0, 0.1) is 5.82 Å². The number of amides is 1. The third kappa shape index (κ3) is 6.30. The van der Waals surface area contributed by atoms with Crippen molar-refractivity contribution in [1.29, 1.82) is 0 Å². The van der Waals surface area contributed by atoms with Gasteiger partial charge in [-0.3, -0.25) is 4.79 Å². The van der Waals surface area contributed by atoms with Gasteiger partial charge >= 0.3 is 5.97 Å². The highest BCUT2D eigenvalue weighted by atomic mass is 19.1. The molecule has 1 heterocycles. The van der Waals surface area contributed by atoms with Crippen molar-refractivity contribution in [2.24, 2.45) is 0 Å². The van der Waals surface area contributed by atoms with E-state index in [1.807, 2.05) is 20.8 Å². The van der Waals surface area contributed by atoms with E-state index in [0.29, 0.717) is 63.2 Å². The minimum absolute atomic E-state index is 0.212. The Balaban J connectivity index is 1.59. The molecule has 3 rings (SSSR count). The normalized spacial score (nSPS) is 13.4. The van der Waals surface area contributed by atoms with E-state index in [-0.39, 0.29) is 23.9 Å². The summed E-state index contributed by atoms with van der Waals surface area (Å²) in [5.74, 6) is -0.0149. The van der Waals surface area contributed by atoms with Crippen LogP contribution in [0.2, 0.25) is 0 Å². The van der Waals surface area contributed by atoms with Crippen LogP contribution in [0.25, 0.3) is 0 Å². The van der Waals surface area contributed by atoms with E-state index in [2.05, 4.69) is 4.90 Å². The lowest BCUT2D eigenvalue weighted by Crippen LogP contribution is -2.49. The number of rotatable bonds is 10. The molecule has 0 saturated carbocycles. The molecular weight excluding hydrogens is 443 g/mol. The molecule has 1 saturated heterocycles. The maximum atomic E-state index is 13.1. The molecular formula is C25H31FN2O6. The summed E-state index contributed by atoms with van der Waals surface area (Å²) < 4.78 is 35.3. The zero-order valence-electron chi connectivity index (χ0n) is 19.8. The van der Waals surface area contributed by atoms with E-state index < -0.39 is 5.97 Å². The van der Waals surface area contributed by atoms with E-state index >= 15 is 0 Å².